The van der Waals surface area contributed by atoms with Crippen molar-refractivity contribution in [3.05, 3.63) is 142 Å². The molecular formula is C53H52F6N2. The van der Waals surface area contributed by atoms with E-state index in [1.54, 1.807) is 9.13 Å². The number of aromatic nitrogens is 2. The Balaban J connectivity index is 1.67. The minimum absolute atomic E-state index is 0.240. The maximum Gasteiger partial charge on any atom is 0.420 e. The van der Waals surface area contributed by atoms with Gasteiger partial charge in [-0.1, -0.05) is 132 Å². The first kappa shape index (κ1) is 42.2. The fourth-order valence-corrected chi connectivity index (χ4v) is 8.61. The van der Waals surface area contributed by atoms with Crippen LogP contribution in [0.5, 0.6) is 0 Å². The third-order valence-corrected chi connectivity index (χ3v) is 12.2. The second-order valence-corrected chi connectivity index (χ2v) is 20.7. The Morgan fingerprint density at radius 1 is 0.377 bits per heavy atom. The van der Waals surface area contributed by atoms with Crippen LogP contribution in [0.1, 0.15) is 111 Å². The normalized spacial score (nSPS) is 13.4. The van der Waals surface area contributed by atoms with Crippen LogP contribution in [0.25, 0.3) is 66.1 Å². The fraction of sp³-hybridized carbons (Fsp3) is 0.321. The number of alkyl halides is 3. The smallest absolute Gasteiger partial charge is 0.309 e. The van der Waals surface area contributed by atoms with Gasteiger partial charge in [-0.05, 0) is 98.0 Å². The van der Waals surface area contributed by atoms with Gasteiger partial charge in [0.05, 0.1) is 39.0 Å². The summed E-state index contributed by atoms with van der Waals surface area (Å²) in [6, 6.07) is 27.2. The molecular weight excluding hydrogens is 779 g/mol. The largest absolute Gasteiger partial charge is 0.420 e. The summed E-state index contributed by atoms with van der Waals surface area (Å²) in [4.78, 5) is 0. The van der Waals surface area contributed by atoms with E-state index in [-0.39, 0.29) is 38.6 Å². The van der Waals surface area contributed by atoms with Crippen LogP contribution in [0.4, 0.5) is 26.3 Å². The van der Waals surface area contributed by atoms with Crippen LogP contribution in [-0.2, 0) is 27.8 Å². The van der Waals surface area contributed by atoms with Crippen LogP contribution in [0, 0.1) is 17.5 Å². The van der Waals surface area contributed by atoms with Gasteiger partial charge in [0.15, 0.2) is 11.6 Å². The first-order valence-electron chi connectivity index (χ1n) is 20.7. The minimum Gasteiger partial charge on any atom is -0.309 e. The predicted molar refractivity (Wildman–Crippen MR) is 240 cm³/mol. The average Bonchev–Trinajstić information content (AvgIpc) is 3.65. The van der Waals surface area contributed by atoms with Gasteiger partial charge >= 0.3 is 6.18 Å². The molecule has 0 aliphatic carbocycles. The highest BCUT2D eigenvalue weighted by molar-refractivity contribution is 6.11. The minimum atomic E-state index is -5.01. The molecule has 0 spiro atoms. The molecule has 2 aromatic heterocycles. The lowest BCUT2D eigenvalue weighted by molar-refractivity contribution is -0.137. The fourth-order valence-electron chi connectivity index (χ4n) is 8.61. The number of benzene rings is 6. The van der Waals surface area contributed by atoms with Gasteiger partial charge in [0, 0.05) is 21.5 Å². The number of halogens is 6. The van der Waals surface area contributed by atoms with Crippen molar-refractivity contribution in [3.63, 3.8) is 0 Å². The van der Waals surface area contributed by atoms with Gasteiger partial charge < -0.3 is 9.13 Å². The van der Waals surface area contributed by atoms with Gasteiger partial charge in [0.1, 0.15) is 11.4 Å². The second-order valence-electron chi connectivity index (χ2n) is 20.7. The van der Waals surface area contributed by atoms with Crippen LogP contribution in [-0.4, -0.2) is 9.13 Å². The number of hydrogen-bond donors (Lipinski definition) is 0. The number of nitrogens with zero attached hydrogens (tertiary/aromatic N) is 2. The summed E-state index contributed by atoms with van der Waals surface area (Å²) in [5.41, 5.74) is 1.35. The Labute approximate surface area is 353 Å². The van der Waals surface area contributed by atoms with E-state index in [2.05, 4.69) is 0 Å². The second kappa shape index (κ2) is 13.8. The maximum absolute atomic E-state index is 16.7. The van der Waals surface area contributed by atoms with Crippen LogP contribution < -0.4 is 0 Å². The summed E-state index contributed by atoms with van der Waals surface area (Å²) < 4.78 is 101. The van der Waals surface area contributed by atoms with Crippen molar-refractivity contribution in [3.8, 4) is 22.5 Å². The van der Waals surface area contributed by atoms with Crippen LogP contribution in [0.3, 0.4) is 0 Å². The molecule has 61 heavy (non-hydrogen) atoms. The van der Waals surface area contributed by atoms with Crippen LogP contribution in [0.2, 0.25) is 0 Å². The van der Waals surface area contributed by atoms with E-state index in [0.29, 0.717) is 49.7 Å². The molecule has 8 heteroatoms. The zero-order chi connectivity index (χ0) is 44.5. The molecule has 0 aliphatic rings. The van der Waals surface area contributed by atoms with Crippen molar-refractivity contribution in [2.75, 3.05) is 0 Å². The molecule has 0 saturated heterocycles. The highest BCUT2D eigenvalue weighted by atomic mass is 19.4. The first-order chi connectivity index (χ1) is 28.2. The van der Waals surface area contributed by atoms with Crippen molar-refractivity contribution in [1.29, 1.82) is 0 Å². The Bertz CT molecular complexity index is 2760. The Hall–Kier alpha value is -5.50. The van der Waals surface area contributed by atoms with E-state index in [9.17, 15) is 0 Å². The first-order valence-corrected chi connectivity index (χ1v) is 20.7. The summed E-state index contributed by atoms with van der Waals surface area (Å²) in [7, 11) is 0. The Kier molecular flexibility index (Phi) is 9.51. The molecule has 6 aromatic carbocycles. The van der Waals surface area contributed by atoms with E-state index in [1.807, 2.05) is 156 Å². The van der Waals surface area contributed by atoms with Gasteiger partial charge in [-0.25, -0.2) is 13.2 Å². The monoisotopic (exact) mass is 830 g/mol. The number of rotatable bonds is 3. The quantitative estimate of drug-likeness (QED) is 0.124. The van der Waals surface area contributed by atoms with Crippen LogP contribution >= 0.6 is 0 Å². The molecule has 0 atom stereocenters. The zero-order valence-corrected chi connectivity index (χ0v) is 36.9. The van der Waals surface area contributed by atoms with Gasteiger partial charge in [-0.3, -0.25) is 0 Å². The number of fused-ring (bicyclic) bond motifs is 6. The molecule has 8 rings (SSSR count). The maximum atomic E-state index is 16.7. The lowest BCUT2D eigenvalue weighted by Crippen LogP contribution is -2.17. The molecule has 316 valence electrons. The SMILES string of the molecule is CC(C)(C)c1ccc2c3ccc(C(C)(C)C)cc3n(-c3cc(-c4c(F)ccc(F)c4F)cc(-n4c5cc(C(C)(C)C)ccc5c5ccc(C(C)(C)C)cc54)c3C(F)(F)F)c2c1. The zero-order valence-electron chi connectivity index (χ0n) is 36.9. The summed E-state index contributed by atoms with van der Waals surface area (Å²) >= 11 is 0. The van der Waals surface area contributed by atoms with Gasteiger partial charge in [-0.15, -0.1) is 0 Å². The summed E-state index contributed by atoms with van der Waals surface area (Å²) in [6.45, 7) is 24.4. The topological polar surface area (TPSA) is 9.86 Å². The van der Waals surface area contributed by atoms with Crippen molar-refractivity contribution in [1.82, 2.24) is 9.13 Å². The van der Waals surface area contributed by atoms with E-state index < -0.39 is 34.8 Å². The van der Waals surface area contributed by atoms with Crippen molar-refractivity contribution in [2.24, 2.45) is 0 Å². The summed E-state index contributed by atoms with van der Waals surface area (Å²) in [5, 5.41) is 2.86. The molecule has 0 radical (unpaired) electrons. The highest BCUT2D eigenvalue weighted by Gasteiger charge is 2.40. The molecule has 2 nitrogen and oxygen atoms in total. The average molecular weight is 831 g/mol. The molecule has 0 amide bonds. The lowest BCUT2D eigenvalue weighted by atomic mass is 9.86. The van der Waals surface area contributed by atoms with Crippen molar-refractivity contribution in [2.45, 2.75) is 111 Å². The summed E-state index contributed by atoms with van der Waals surface area (Å²) in [6.07, 6.45) is -5.01. The third-order valence-electron chi connectivity index (χ3n) is 12.2. The van der Waals surface area contributed by atoms with E-state index in [0.717, 1.165) is 28.3 Å². The standard InChI is InChI=1S/C53H52F6N2/c1-49(2,3)30-13-17-34-35-18-14-31(50(4,5)6)26-41(35)60(40(34)25-30)44-23-29(46-38(54)21-22-39(55)48(46)56)24-45(47(44)53(57,58)59)61-42-27-32(51(7,8)9)15-19-36(42)37-20-16-33(28-43(37)61)52(10,11)12/h13-28H,1-12H3. The summed E-state index contributed by atoms with van der Waals surface area (Å²) in [5.74, 6) is -3.91. The third kappa shape index (κ3) is 7.10. The molecule has 0 fully saturated rings. The molecule has 0 unspecified atom stereocenters. The highest BCUT2D eigenvalue weighted by Crippen LogP contribution is 2.48. The Morgan fingerprint density at radius 3 is 0.951 bits per heavy atom. The van der Waals surface area contributed by atoms with Gasteiger partial charge in [-0.2, -0.15) is 13.2 Å². The molecule has 8 aromatic rings. The molecule has 0 bridgehead atoms. The molecule has 0 aliphatic heterocycles. The lowest BCUT2D eigenvalue weighted by Gasteiger charge is -2.25. The molecule has 2 heterocycles. The predicted octanol–water partition coefficient (Wildman–Crippen LogP) is 16.2. The van der Waals surface area contributed by atoms with Gasteiger partial charge in [0.25, 0.3) is 0 Å². The van der Waals surface area contributed by atoms with E-state index in [1.165, 1.54) is 12.1 Å². The molecule has 0 saturated carbocycles. The Morgan fingerprint density at radius 2 is 0.672 bits per heavy atom. The van der Waals surface area contributed by atoms with Crippen molar-refractivity contribution < 1.29 is 26.3 Å². The molecule has 0 N–H and O–H groups in total. The van der Waals surface area contributed by atoms with Crippen LogP contribution in [0.15, 0.2) is 97.1 Å². The van der Waals surface area contributed by atoms with Gasteiger partial charge in [0.2, 0.25) is 0 Å². The van der Waals surface area contributed by atoms with E-state index >= 15 is 26.3 Å². The van der Waals surface area contributed by atoms with E-state index in [4.69, 9.17) is 0 Å². The van der Waals surface area contributed by atoms with Crippen molar-refractivity contribution >= 4 is 43.6 Å². The number of hydrogen-bond acceptors (Lipinski definition) is 0.